The maximum atomic E-state index is 11.9. The molecule has 2 unspecified atom stereocenters. The zero-order valence-electron chi connectivity index (χ0n) is 10.8. The standard InChI is InChI=1S/C11H17ClN4O2S/c1-7(19(2)18)5-6-14-11(17)10-8(12)3-4-9(15-10)16-13/h3-4,7H,5-6,13H2,1-2H3,(H,14,17)(H,15,16). The van der Waals surface area contributed by atoms with Gasteiger partial charge in [-0.1, -0.05) is 18.5 Å². The minimum Gasteiger partial charge on any atom is -0.351 e. The van der Waals surface area contributed by atoms with E-state index in [0.717, 1.165) is 0 Å². The van der Waals surface area contributed by atoms with Gasteiger partial charge in [0, 0.05) is 28.9 Å². The summed E-state index contributed by atoms with van der Waals surface area (Å²) in [5.74, 6) is 5.20. The number of rotatable bonds is 6. The lowest BCUT2D eigenvalue weighted by molar-refractivity contribution is 0.0948. The molecule has 0 radical (unpaired) electrons. The largest absolute Gasteiger partial charge is 0.351 e. The first kappa shape index (κ1) is 15.9. The van der Waals surface area contributed by atoms with E-state index in [9.17, 15) is 9.00 Å². The molecular weight excluding hydrogens is 288 g/mol. The summed E-state index contributed by atoms with van der Waals surface area (Å²) in [7, 11) is -0.899. The molecule has 19 heavy (non-hydrogen) atoms. The van der Waals surface area contributed by atoms with Crippen molar-refractivity contribution in [2.24, 2.45) is 5.84 Å². The van der Waals surface area contributed by atoms with E-state index in [1.807, 2.05) is 6.92 Å². The van der Waals surface area contributed by atoms with E-state index in [1.165, 1.54) is 0 Å². The molecule has 1 amide bonds. The maximum Gasteiger partial charge on any atom is 0.271 e. The molecule has 0 saturated heterocycles. The van der Waals surface area contributed by atoms with Gasteiger partial charge < -0.3 is 10.7 Å². The number of nitrogens with one attached hydrogen (secondary N) is 2. The van der Waals surface area contributed by atoms with Crippen LogP contribution >= 0.6 is 11.6 Å². The van der Waals surface area contributed by atoms with Crippen molar-refractivity contribution in [2.45, 2.75) is 18.6 Å². The first-order chi connectivity index (χ1) is 8.95. The Labute approximate surface area is 119 Å². The van der Waals surface area contributed by atoms with E-state index in [0.29, 0.717) is 18.8 Å². The van der Waals surface area contributed by atoms with E-state index in [4.69, 9.17) is 17.4 Å². The lowest BCUT2D eigenvalue weighted by Gasteiger charge is -2.10. The van der Waals surface area contributed by atoms with Gasteiger partial charge in [-0.3, -0.25) is 9.00 Å². The molecule has 0 spiro atoms. The number of nitrogen functional groups attached to an aromatic ring is 1. The highest BCUT2D eigenvalue weighted by molar-refractivity contribution is 7.84. The number of pyridine rings is 1. The fourth-order valence-corrected chi connectivity index (χ4v) is 1.96. The van der Waals surface area contributed by atoms with Crippen molar-refractivity contribution in [2.75, 3.05) is 18.2 Å². The molecule has 0 aliphatic carbocycles. The summed E-state index contributed by atoms with van der Waals surface area (Å²) < 4.78 is 11.2. The van der Waals surface area contributed by atoms with Crippen LogP contribution in [0.2, 0.25) is 5.02 Å². The van der Waals surface area contributed by atoms with Crippen LogP contribution in [0.5, 0.6) is 0 Å². The normalized spacial score (nSPS) is 13.7. The number of anilines is 1. The highest BCUT2D eigenvalue weighted by Crippen LogP contribution is 2.16. The van der Waals surface area contributed by atoms with Crippen molar-refractivity contribution in [1.82, 2.24) is 10.3 Å². The Morgan fingerprint density at radius 3 is 2.84 bits per heavy atom. The van der Waals surface area contributed by atoms with Gasteiger partial charge in [-0.15, -0.1) is 0 Å². The molecule has 8 heteroatoms. The van der Waals surface area contributed by atoms with Gasteiger partial charge >= 0.3 is 0 Å². The predicted octanol–water partition coefficient (Wildman–Crippen LogP) is 0.908. The first-order valence-electron chi connectivity index (χ1n) is 5.69. The zero-order valence-corrected chi connectivity index (χ0v) is 12.3. The van der Waals surface area contributed by atoms with Crippen molar-refractivity contribution >= 4 is 34.1 Å². The minimum absolute atomic E-state index is 0.0285. The number of aromatic nitrogens is 1. The van der Waals surface area contributed by atoms with Crippen LogP contribution in [0.15, 0.2) is 12.1 Å². The third kappa shape index (κ3) is 4.77. The summed E-state index contributed by atoms with van der Waals surface area (Å²) in [5, 5.41) is 2.97. The van der Waals surface area contributed by atoms with Gasteiger partial charge in [0.2, 0.25) is 0 Å². The molecule has 0 aliphatic rings. The molecule has 6 nitrogen and oxygen atoms in total. The number of carbonyl (C=O) groups is 1. The lowest BCUT2D eigenvalue weighted by atomic mass is 10.3. The molecule has 4 N–H and O–H groups in total. The molecule has 106 valence electrons. The smallest absolute Gasteiger partial charge is 0.271 e. The van der Waals surface area contributed by atoms with Crippen LogP contribution in [0.3, 0.4) is 0 Å². The molecule has 0 bridgehead atoms. The number of hydrogen-bond donors (Lipinski definition) is 3. The molecule has 1 rings (SSSR count). The summed E-state index contributed by atoms with van der Waals surface area (Å²) in [5.41, 5.74) is 2.46. The molecule has 2 atom stereocenters. The van der Waals surface area contributed by atoms with Crippen molar-refractivity contribution in [3.63, 3.8) is 0 Å². The molecule has 1 heterocycles. The summed E-state index contributed by atoms with van der Waals surface area (Å²) >= 11 is 5.90. The van der Waals surface area contributed by atoms with Gasteiger partial charge in [-0.25, -0.2) is 10.8 Å². The van der Waals surface area contributed by atoms with Gasteiger partial charge in [0.25, 0.3) is 5.91 Å². The third-order valence-electron chi connectivity index (χ3n) is 2.61. The Hall–Kier alpha value is -1.18. The quantitative estimate of drug-likeness (QED) is 0.536. The van der Waals surface area contributed by atoms with Crippen LogP contribution in [0, 0.1) is 0 Å². The Balaban J connectivity index is 2.61. The number of nitrogens with zero attached hydrogens (tertiary/aromatic N) is 1. The first-order valence-corrected chi connectivity index (χ1v) is 7.69. The topological polar surface area (TPSA) is 97.1 Å². The number of carbonyl (C=O) groups excluding carboxylic acids is 1. The van der Waals surface area contributed by atoms with Crippen molar-refractivity contribution < 1.29 is 9.00 Å². The van der Waals surface area contributed by atoms with Gasteiger partial charge in [0.1, 0.15) is 11.5 Å². The van der Waals surface area contributed by atoms with Crippen LogP contribution < -0.4 is 16.6 Å². The molecule has 0 saturated carbocycles. The van der Waals surface area contributed by atoms with Crippen LogP contribution in [0.1, 0.15) is 23.8 Å². The Kier molecular flexibility index (Phi) is 6.20. The SMILES string of the molecule is CC(CCNC(=O)c1nc(NN)ccc1Cl)S(C)=O. The summed E-state index contributed by atoms with van der Waals surface area (Å²) in [6.45, 7) is 2.28. The summed E-state index contributed by atoms with van der Waals surface area (Å²) in [4.78, 5) is 15.9. The Morgan fingerprint density at radius 1 is 1.58 bits per heavy atom. The average Bonchev–Trinajstić information content (AvgIpc) is 2.38. The molecule has 0 aromatic carbocycles. The van der Waals surface area contributed by atoms with Crippen LogP contribution in [0.4, 0.5) is 5.82 Å². The van der Waals surface area contributed by atoms with E-state index < -0.39 is 10.8 Å². The Morgan fingerprint density at radius 2 is 2.26 bits per heavy atom. The van der Waals surface area contributed by atoms with E-state index in [-0.39, 0.29) is 21.9 Å². The average molecular weight is 305 g/mol. The molecule has 1 aromatic heterocycles. The summed E-state index contributed by atoms with van der Waals surface area (Å²) in [6.07, 6.45) is 2.27. The highest BCUT2D eigenvalue weighted by atomic mass is 35.5. The second-order valence-corrected chi connectivity index (χ2v) is 6.23. The van der Waals surface area contributed by atoms with Gasteiger partial charge in [0.05, 0.1) is 5.02 Å². The number of hydrazine groups is 1. The van der Waals surface area contributed by atoms with E-state index in [2.05, 4.69) is 15.7 Å². The fraction of sp³-hybridized carbons (Fsp3) is 0.455. The lowest BCUT2D eigenvalue weighted by Crippen LogP contribution is -2.28. The van der Waals surface area contributed by atoms with Gasteiger partial charge in [-0.05, 0) is 18.6 Å². The van der Waals surface area contributed by atoms with E-state index in [1.54, 1.807) is 18.4 Å². The van der Waals surface area contributed by atoms with Crippen LogP contribution in [0.25, 0.3) is 0 Å². The highest BCUT2D eigenvalue weighted by Gasteiger charge is 2.13. The van der Waals surface area contributed by atoms with Crippen LogP contribution in [-0.2, 0) is 10.8 Å². The Bertz CT molecular complexity index is 484. The number of nitrogens with two attached hydrogens (primary N) is 1. The maximum absolute atomic E-state index is 11.9. The minimum atomic E-state index is -0.899. The zero-order chi connectivity index (χ0) is 14.4. The van der Waals surface area contributed by atoms with E-state index >= 15 is 0 Å². The number of halogens is 1. The monoisotopic (exact) mass is 304 g/mol. The van der Waals surface area contributed by atoms with Gasteiger partial charge in [-0.2, -0.15) is 0 Å². The summed E-state index contributed by atoms with van der Waals surface area (Å²) in [6, 6.07) is 3.11. The second kappa shape index (κ2) is 7.42. The number of hydrogen-bond acceptors (Lipinski definition) is 5. The number of amides is 1. The third-order valence-corrected chi connectivity index (χ3v) is 4.29. The molecule has 1 aromatic rings. The van der Waals surface area contributed by atoms with Crippen molar-refractivity contribution in [3.8, 4) is 0 Å². The second-order valence-electron chi connectivity index (χ2n) is 4.03. The van der Waals surface area contributed by atoms with Crippen molar-refractivity contribution in [1.29, 1.82) is 0 Å². The predicted molar refractivity (Wildman–Crippen MR) is 77.5 cm³/mol. The molecule has 0 aliphatic heterocycles. The van der Waals surface area contributed by atoms with Crippen molar-refractivity contribution in [3.05, 3.63) is 22.8 Å². The molecule has 0 fully saturated rings. The van der Waals surface area contributed by atoms with Gasteiger partial charge in [0.15, 0.2) is 0 Å². The molecular formula is C11H17ClN4O2S. The van der Waals surface area contributed by atoms with Crippen LogP contribution in [-0.4, -0.2) is 33.2 Å². The fourth-order valence-electron chi connectivity index (χ4n) is 1.32.